The van der Waals surface area contributed by atoms with Crippen molar-refractivity contribution in [3.05, 3.63) is 0 Å². The van der Waals surface area contributed by atoms with Gasteiger partial charge < -0.3 is 11.1 Å². The van der Waals surface area contributed by atoms with Crippen molar-refractivity contribution >= 4 is 0 Å². The lowest BCUT2D eigenvalue weighted by Gasteiger charge is -2.28. The molecule has 9 heavy (non-hydrogen) atoms. The summed E-state index contributed by atoms with van der Waals surface area (Å²) in [6, 6.07) is 0.450. The van der Waals surface area contributed by atoms with Crippen molar-refractivity contribution in [3.8, 4) is 0 Å². The van der Waals surface area contributed by atoms with E-state index in [-0.39, 0.29) is 0 Å². The minimum Gasteiger partial charge on any atom is -0.326 e. The topological polar surface area (TPSA) is 38.0 Å². The molecule has 1 saturated carbocycles. The van der Waals surface area contributed by atoms with Gasteiger partial charge in [-0.15, -0.1) is 0 Å². The van der Waals surface area contributed by atoms with Crippen molar-refractivity contribution < 1.29 is 0 Å². The minimum absolute atomic E-state index is 0.450. The molecule has 52 valence electrons. The smallest absolute Gasteiger partial charge is 0.0223 e. The molecule has 0 bridgehead atoms. The predicted molar refractivity (Wildman–Crippen MR) is 37.1 cm³/mol. The molecule has 1 heterocycles. The maximum absolute atomic E-state index is 5.91. The van der Waals surface area contributed by atoms with Gasteiger partial charge in [0.2, 0.25) is 0 Å². The van der Waals surface area contributed by atoms with E-state index in [4.69, 9.17) is 5.73 Å². The molecule has 1 aliphatic carbocycles. The molecule has 0 aromatic carbocycles. The third-order valence-electron chi connectivity index (χ3n) is 2.84. The van der Waals surface area contributed by atoms with Crippen molar-refractivity contribution in [1.29, 1.82) is 0 Å². The Balaban J connectivity index is 2.03. The van der Waals surface area contributed by atoms with E-state index in [1.165, 1.54) is 25.8 Å². The average molecular weight is 126 g/mol. The van der Waals surface area contributed by atoms with Crippen molar-refractivity contribution in [2.75, 3.05) is 13.1 Å². The van der Waals surface area contributed by atoms with E-state index in [0.717, 1.165) is 6.54 Å². The lowest BCUT2D eigenvalue weighted by atomic mass is 9.90. The summed E-state index contributed by atoms with van der Waals surface area (Å²) in [7, 11) is 0. The minimum atomic E-state index is 0.450. The van der Waals surface area contributed by atoms with Gasteiger partial charge in [-0.1, -0.05) is 0 Å². The van der Waals surface area contributed by atoms with Gasteiger partial charge in [0.1, 0.15) is 0 Å². The quantitative estimate of drug-likeness (QED) is 0.482. The zero-order valence-corrected chi connectivity index (χ0v) is 5.69. The first-order valence-electron chi connectivity index (χ1n) is 3.80. The van der Waals surface area contributed by atoms with Gasteiger partial charge in [-0.2, -0.15) is 0 Å². The zero-order chi connectivity index (χ0) is 6.32. The van der Waals surface area contributed by atoms with E-state index in [1.807, 2.05) is 0 Å². The Kier molecular flexibility index (Phi) is 1.08. The largest absolute Gasteiger partial charge is 0.326 e. The summed E-state index contributed by atoms with van der Waals surface area (Å²) < 4.78 is 0. The van der Waals surface area contributed by atoms with Crippen LogP contribution in [0.2, 0.25) is 0 Å². The van der Waals surface area contributed by atoms with Crippen LogP contribution < -0.4 is 11.1 Å². The van der Waals surface area contributed by atoms with Gasteiger partial charge in [0, 0.05) is 12.6 Å². The molecule has 0 aromatic rings. The monoisotopic (exact) mass is 126 g/mol. The number of nitrogens with two attached hydrogens (primary N) is 1. The van der Waals surface area contributed by atoms with Gasteiger partial charge in [0.05, 0.1) is 0 Å². The molecule has 2 heteroatoms. The second-order valence-corrected chi connectivity index (χ2v) is 3.42. The summed E-state index contributed by atoms with van der Waals surface area (Å²) in [6.45, 7) is 2.23. The Labute approximate surface area is 55.8 Å². The third-order valence-corrected chi connectivity index (χ3v) is 2.84. The molecule has 2 aliphatic rings. The fourth-order valence-corrected chi connectivity index (χ4v) is 1.78. The van der Waals surface area contributed by atoms with E-state index in [0.29, 0.717) is 11.5 Å². The Bertz CT molecular complexity index is 118. The van der Waals surface area contributed by atoms with E-state index in [2.05, 4.69) is 5.32 Å². The molecule has 1 spiro atoms. The highest BCUT2D eigenvalue weighted by Gasteiger charge is 2.48. The standard InChI is InChI=1S/C7H14N2/c8-6-5-9-4-3-7(6)1-2-7/h6,9H,1-5,8H2/t6-/m0/s1. The fraction of sp³-hybridized carbons (Fsp3) is 1.00. The van der Waals surface area contributed by atoms with Crippen LogP contribution in [0.3, 0.4) is 0 Å². The van der Waals surface area contributed by atoms with Gasteiger partial charge in [0.25, 0.3) is 0 Å². The Hall–Kier alpha value is -0.0800. The van der Waals surface area contributed by atoms with Crippen LogP contribution in [-0.4, -0.2) is 19.1 Å². The molecule has 3 N–H and O–H groups in total. The van der Waals surface area contributed by atoms with Gasteiger partial charge in [0.15, 0.2) is 0 Å². The van der Waals surface area contributed by atoms with Crippen molar-refractivity contribution in [3.63, 3.8) is 0 Å². The zero-order valence-electron chi connectivity index (χ0n) is 5.69. The molecular formula is C7H14N2. The van der Waals surface area contributed by atoms with Crippen LogP contribution in [0.1, 0.15) is 19.3 Å². The highest BCUT2D eigenvalue weighted by Crippen LogP contribution is 2.51. The van der Waals surface area contributed by atoms with Crippen molar-refractivity contribution in [2.45, 2.75) is 25.3 Å². The second-order valence-electron chi connectivity index (χ2n) is 3.42. The maximum atomic E-state index is 5.91. The van der Waals surface area contributed by atoms with Crippen LogP contribution in [0.4, 0.5) is 0 Å². The Morgan fingerprint density at radius 3 is 2.56 bits per heavy atom. The van der Waals surface area contributed by atoms with Crippen LogP contribution in [0.5, 0.6) is 0 Å². The average Bonchev–Trinajstić information content (AvgIpc) is 2.60. The summed E-state index contributed by atoms with van der Waals surface area (Å²) >= 11 is 0. The molecule has 2 rings (SSSR count). The van der Waals surface area contributed by atoms with Gasteiger partial charge in [-0.25, -0.2) is 0 Å². The molecule has 2 nitrogen and oxygen atoms in total. The molecule has 1 aliphatic heterocycles. The lowest BCUT2D eigenvalue weighted by molar-refractivity contribution is 0.302. The number of hydrogen-bond acceptors (Lipinski definition) is 2. The maximum Gasteiger partial charge on any atom is 0.0223 e. The second kappa shape index (κ2) is 1.70. The summed E-state index contributed by atoms with van der Waals surface area (Å²) in [6.07, 6.45) is 4.08. The van der Waals surface area contributed by atoms with Crippen LogP contribution in [0.25, 0.3) is 0 Å². The lowest BCUT2D eigenvalue weighted by Crippen LogP contribution is -2.47. The van der Waals surface area contributed by atoms with Crippen LogP contribution in [0.15, 0.2) is 0 Å². The molecule has 0 unspecified atom stereocenters. The molecule has 1 atom stereocenters. The Morgan fingerprint density at radius 2 is 2.11 bits per heavy atom. The van der Waals surface area contributed by atoms with Gasteiger partial charge in [-0.3, -0.25) is 0 Å². The molecule has 0 amide bonds. The molecule has 1 saturated heterocycles. The summed E-state index contributed by atoms with van der Waals surface area (Å²) in [4.78, 5) is 0. The third kappa shape index (κ3) is 0.775. The first kappa shape index (κ1) is 5.69. The van der Waals surface area contributed by atoms with E-state index < -0.39 is 0 Å². The van der Waals surface area contributed by atoms with Crippen LogP contribution >= 0.6 is 0 Å². The number of hydrogen-bond donors (Lipinski definition) is 2. The predicted octanol–water partition coefficient (Wildman–Crippen LogP) is 0.0872. The summed E-state index contributed by atoms with van der Waals surface area (Å²) in [5.74, 6) is 0. The first-order valence-corrected chi connectivity index (χ1v) is 3.80. The molecule has 2 fully saturated rings. The summed E-state index contributed by atoms with van der Waals surface area (Å²) in [5.41, 5.74) is 6.51. The summed E-state index contributed by atoms with van der Waals surface area (Å²) in [5, 5.41) is 3.31. The number of piperidine rings is 1. The Morgan fingerprint density at radius 1 is 1.33 bits per heavy atom. The highest BCUT2D eigenvalue weighted by molar-refractivity contribution is 5.04. The van der Waals surface area contributed by atoms with Gasteiger partial charge >= 0.3 is 0 Å². The van der Waals surface area contributed by atoms with Crippen LogP contribution in [0, 0.1) is 5.41 Å². The van der Waals surface area contributed by atoms with Crippen molar-refractivity contribution in [1.82, 2.24) is 5.32 Å². The van der Waals surface area contributed by atoms with E-state index >= 15 is 0 Å². The molecular weight excluding hydrogens is 112 g/mol. The molecule has 0 aromatic heterocycles. The molecule has 0 radical (unpaired) electrons. The van der Waals surface area contributed by atoms with Gasteiger partial charge in [-0.05, 0) is 31.2 Å². The highest BCUT2D eigenvalue weighted by atomic mass is 15.0. The van der Waals surface area contributed by atoms with E-state index in [9.17, 15) is 0 Å². The SMILES string of the molecule is N[C@H]1CNCCC12CC2. The first-order chi connectivity index (χ1) is 4.33. The fourth-order valence-electron chi connectivity index (χ4n) is 1.78. The number of rotatable bonds is 0. The van der Waals surface area contributed by atoms with Crippen LogP contribution in [-0.2, 0) is 0 Å². The normalized spacial score (nSPS) is 39.0. The van der Waals surface area contributed by atoms with E-state index in [1.54, 1.807) is 0 Å². The number of nitrogens with one attached hydrogen (secondary N) is 1. The van der Waals surface area contributed by atoms with Crippen molar-refractivity contribution in [2.24, 2.45) is 11.1 Å².